The molecule has 0 aliphatic carbocycles. The van der Waals surface area contributed by atoms with E-state index in [-0.39, 0.29) is 5.69 Å². The molecule has 1 aromatic carbocycles. The highest BCUT2D eigenvalue weighted by atomic mass is 19.4. The molecular formula is C14H13F3N4O. The molecule has 1 aliphatic heterocycles. The highest BCUT2D eigenvalue weighted by Gasteiger charge is 2.30. The molecule has 5 nitrogen and oxygen atoms in total. The monoisotopic (exact) mass is 310 g/mol. The predicted octanol–water partition coefficient (Wildman–Crippen LogP) is 3.02. The first-order valence-corrected chi connectivity index (χ1v) is 6.68. The number of hydrogen-bond donors (Lipinski definition) is 2. The molecule has 0 fully saturated rings. The van der Waals surface area contributed by atoms with Crippen molar-refractivity contribution in [2.45, 2.75) is 19.1 Å². The number of anilines is 1. The first-order chi connectivity index (χ1) is 10.4. The van der Waals surface area contributed by atoms with Gasteiger partial charge in [0, 0.05) is 18.7 Å². The van der Waals surface area contributed by atoms with Gasteiger partial charge in [-0.05, 0) is 18.2 Å². The highest BCUT2D eigenvalue weighted by molar-refractivity contribution is 5.89. The van der Waals surface area contributed by atoms with Crippen LogP contribution < -0.4 is 5.32 Å². The van der Waals surface area contributed by atoms with E-state index in [1.807, 2.05) is 0 Å². The van der Waals surface area contributed by atoms with Gasteiger partial charge in [0.05, 0.1) is 29.8 Å². The summed E-state index contributed by atoms with van der Waals surface area (Å²) in [5.41, 5.74) is 1.10. The molecule has 1 aliphatic rings. The van der Waals surface area contributed by atoms with Crippen molar-refractivity contribution in [2.24, 2.45) is 0 Å². The summed E-state index contributed by atoms with van der Waals surface area (Å²) in [4.78, 5) is 20.8. The molecule has 2 heterocycles. The Morgan fingerprint density at radius 2 is 2.18 bits per heavy atom. The summed E-state index contributed by atoms with van der Waals surface area (Å²) in [6, 6.07) is 4.15. The molecule has 0 spiro atoms. The van der Waals surface area contributed by atoms with Crippen molar-refractivity contribution in [1.29, 1.82) is 0 Å². The van der Waals surface area contributed by atoms with Crippen LogP contribution in [-0.2, 0) is 19.1 Å². The Morgan fingerprint density at radius 3 is 2.95 bits per heavy atom. The zero-order valence-electron chi connectivity index (χ0n) is 11.4. The van der Waals surface area contributed by atoms with E-state index in [0.717, 1.165) is 23.5 Å². The van der Waals surface area contributed by atoms with Gasteiger partial charge in [-0.3, -0.25) is 0 Å². The molecule has 8 heteroatoms. The van der Waals surface area contributed by atoms with Gasteiger partial charge in [-0.2, -0.15) is 13.2 Å². The molecule has 0 bridgehead atoms. The number of imidazole rings is 1. The Hall–Kier alpha value is -2.51. The van der Waals surface area contributed by atoms with Crippen LogP contribution in [0.2, 0.25) is 0 Å². The van der Waals surface area contributed by atoms with Gasteiger partial charge in [-0.25, -0.2) is 9.78 Å². The van der Waals surface area contributed by atoms with E-state index in [9.17, 15) is 18.0 Å². The summed E-state index contributed by atoms with van der Waals surface area (Å²) in [5, 5.41) is 2.50. The molecule has 3 rings (SSSR count). The summed E-state index contributed by atoms with van der Waals surface area (Å²) >= 11 is 0. The van der Waals surface area contributed by atoms with Gasteiger partial charge in [-0.15, -0.1) is 0 Å². The van der Waals surface area contributed by atoms with Crippen molar-refractivity contribution < 1.29 is 18.0 Å². The Morgan fingerprint density at radius 1 is 1.36 bits per heavy atom. The summed E-state index contributed by atoms with van der Waals surface area (Å²) < 4.78 is 38.0. The fraction of sp³-hybridized carbons (Fsp3) is 0.286. The van der Waals surface area contributed by atoms with Crippen molar-refractivity contribution in [3.8, 4) is 0 Å². The number of aromatic nitrogens is 2. The van der Waals surface area contributed by atoms with Gasteiger partial charge in [0.25, 0.3) is 0 Å². The number of benzene rings is 1. The van der Waals surface area contributed by atoms with Crippen LogP contribution in [0.25, 0.3) is 0 Å². The Kier molecular flexibility index (Phi) is 3.51. The second-order valence-corrected chi connectivity index (χ2v) is 5.01. The van der Waals surface area contributed by atoms with E-state index in [4.69, 9.17) is 0 Å². The molecule has 0 unspecified atom stereocenters. The molecule has 2 aromatic rings. The number of halogens is 3. The quantitative estimate of drug-likeness (QED) is 0.850. The normalized spacial score (nSPS) is 14.6. The minimum Gasteiger partial charge on any atom is -0.347 e. The van der Waals surface area contributed by atoms with Crippen LogP contribution in [0.3, 0.4) is 0 Å². The second-order valence-electron chi connectivity index (χ2n) is 5.01. The van der Waals surface area contributed by atoms with E-state index in [1.54, 1.807) is 6.33 Å². The van der Waals surface area contributed by atoms with Gasteiger partial charge in [-0.1, -0.05) is 6.07 Å². The minimum atomic E-state index is -4.43. The minimum absolute atomic E-state index is 0.121. The van der Waals surface area contributed by atoms with Gasteiger partial charge >= 0.3 is 12.2 Å². The third kappa shape index (κ3) is 2.90. The molecule has 0 radical (unpaired) electrons. The number of nitrogens with zero attached hydrogens (tertiary/aromatic N) is 2. The number of amides is 2. The number of fused-ring (bicyclic) bond motifs is 1. The Balaban J connectivity index is 1.70. The third-order valence-electron chi connectivity index (χ3n) is 3.50. The number of urea groups is 1. The van der Waals surface area contributed by atoms with E-state index in [1.165, 1.54) is 17.0 Å². The van der Waals surface area contributed by atoms with Crippen LogP contribution in [0.15, 0.2) is 30.6 Å². The Labute approximate surface area is 124 Å². The number of carbonyl (C=O) groups is 1. The molecule has 0 saturated carbocycles. The molecule has 116 valence electrons. The van der Waals surface area contributed by atoms with E-state index in [0.29, 0.717) is 19.5 Å². The number of H-pyrrole nitrogens is 1. The lowest BCUT2D eigenvalue weighted by Crippen LogP contribution is -2.39. The molecule has 22 heavy (non-hydrogen) atoms. The molecule has 0 saturated heterocycles. The van der Waals surface area contributed by atoms with E-state index < -0.39 is 17.8 Å². The number of aromatic amines is 1. The standard InChI is InChI=1S/C14H13F3N4O/c15-14(16,17)9-2-1-3-10(6-9)20-13(22)21-5-4-11-12(7-21)19-8-18-11/h1-3,6,8H,4-5,7H2,(H,18,19)(H,20,22). The van der Waals surface area contributed by atoms with Gasteiger partial charge in [0.15, 0.2) is 0 Å². The largest absolute Gasteiger partial charge is 0.416 e. The first kappa shape index (κ1) is 14.4. The van der Waals surface area contributed by atoms with Crippen LogP contribution in [-0.4, -0.2) is 27.4 Å². The predicted molar refractivity (Wildman–Crippen MR) is 73.2 cm³/mol. The fourth-order valence-corrected chi connectivity index (χ4v) is 2.36. The zero-order valence-corrected chi connectivity index (χ0v) is 11.4. The SMILES string of the molecule is O=C(Nc1cccc(C(F)(F)F)c1)N1CCc2nc[nH]c2C1. The molecule has 0 atom stereocenters. The molecule has 2 N–H and O–H groups in total. The topological polar surface area (TPSA) is 61.0 Å². The van der Waals surface area contributed by atoms with Crippen molar-refractivity contribution in [2.75, 3.05) is 11.9 Å². The highest BCUT2D eigenvalue weighted by Crippen LogP contribution is 2.30. The van der Waals surface area contributed by atoms with Crippen LogP contribution in [0.4, 0.5) is 23.7 Å². The maximum Gasteiger partial charge on any atom is 0.416 e. The summed E-state index contributed by atoms with van der Waals surface area (Å²) in [6.07, 6.45) is -2.25. The van der Waals surface area contributed by atoms with Crippen molar-refractivity contribution in [3.05, 3.63) is 47.5 Å². The lowest BCUT2D eigenvalue weighted by atomic mass is 10.1. The molecular weight excluding hydrogens is 297 g/mol. The number of nitrogens with one attached hydrogen (secondary N) is 2. The van der Waals surface area contributed by atoms with Crippen molar-refractivity contribution >= 4 is 11.7 Å². The molecule has 1 aromatic heterocycles. The third-order valence-corrected chi connectivity index (χ3v) is 3.50. The average molecular weight is 310 g/mol. The first-order valence-electron chi connectivity index (χ1n) is 6.68. The summed E-state index contributed by atoms with van der Waals surface area (Å²) in [6.45, 7) is 0.836. The van der Waals surface area contributed by atoms with Crippen LogP contribution in [0.5, 0.6) is 0 Å². The summed E-state index contributed by atoms with van der Waals surface area (Å²) in [5.74, 6) is 0. The fourth-order valence-electron chi connectivity index (χ4n) is 2.36. The zero-order chi connectivity index (χ0) is 15.7. The van der Waals surface area contributed by atoms with E-state index in [2.05, 4.69) is 15.3 Å². The van der Waals surface area contributed by atoms with Crippen molar-refractivity contribution in [1.82, 2.24) is 14.9 Å². The number of hydrogen-bond acceptors (Lipinski definition) is 2. The van der Waals surface area contributed by atoms with Crippen LogP contribution in [0.1, 0.15) is 17.0 Å². The average Bonchev–Trinajstić information content (AvgIpc) is 2.94. The smallest absolute Gasteiger partial charge is 0.347 e. The number of rotatable bonds is 1. The van der Waals surface area contributed by atoms with Crippen LogP contribution >= 0.6 is 0 Å². The second kappa shape index (κ2) is 5.36. The lowest BCUT2D eigenvalue weighted by Gasteiger charge is -2.26. The van der Waals surface area contributed by atoms with Crippen molar-refractivity contribution in [3.63, 3.8) is 0 Å². The number of alkyl halides is 3. The Bertz CT molecular complexity index is 695. The number of carbonyl (C=O) groups excluding carboxylic acids is 1. The summed E-state index contributed by atoms with van der Waals surface area (Å²) in [7, 11) is 0. The molecule has 2 amide bonds. The van der Waals surface area contributed by atoms with E-state index >= 15 is 0 Å². The maximum absolute atomic E-state index is 12.7. The van der Waals surface area contributed by atoms with Crippen LogP contribution in [0, 0.1) is 0 Å². The maximum atomic E-state index is 12.7. The van der Waals surface area contributed by atoms with Gasteiger partial charge in [0.1, 0.15) is 0 Å². The lowest BCUT2D eigenvalue weighted by molar-refractivity contribution is -0.137. The van der Waals surface area contributed by atoms with Gasteiger partial charge in [0.2, 0.25) is 0 Å². The van der Waals surface area contributed by atoms with Gasteiger partial charge < -0.3 is 15.2 Å².